The van der Waals surface area contributed by atoms with E-state index < -0.39 is 5.41 Å². The first-order valence-electron chi connectivity index (χ1n) is 9.62. The van der Waals surface area contributed by atoms with Crippen LogP contribution in [0.1, 0.15) is 24.5 Å². The molecule has 1 aromatic heterocycles. The van der Waals surface area contributed by atoms with E-state index in [-0.39, 0.29) is 11.3 Å². The first-order valence-corrected chi connectivity index (χ1v) is 11.2. The molecule has 0 saturated heterocycles. The van der Waals surface area contributed by atoms with Gasteiger partial charge in [-0.3, -0.25) is 4.79 Å². The second kappa shape index (κ2) is 7.09. The first kappa shape index (κ1) is 19.6. The highest BCUT2D eigenvalue weighted by molar-refractivity contribution is 7.22. The van der Waals surface area contributed by atoms with Gasteiger partial charge in [-0.05, 0) is 36.6 Å². The first-order chi connectivity index (χ1) is 14.4. The van der Waals surface area contributed by atoms with Crippen molar-refractivity contribution in [1.82, 2.24) is 4.98 Å². The van der Waals surface area contributed by atoms with E-state index in [0.717, 1.165) is 27.8 Å². The van der Waals surface area contributed by atoms with Gasteiger partial charge in [-0.2, -0.15) is 0 Å². The van der Waals surface area contributed by atoms with Gasteiger partial charge in [0.2, 0.25) is 5.91 Å². The summed E-state index contributed by atoms with van der Waals surface area (Å²) in [6.07, 6.45) is 0.739. The van der Waals surface area contributed by atoms with Gasteiger partial charge in [-0.15, -0.1) is 0 Å². The van der Waals surface area contributed by atoms with Crippen LogP contribution in [0.25, 0.3) is 10.2 Å². The van der Waals surface area contributed by atoms with Gasteiger partial charge in [0, 0.05) is 5.41 Å². The van der Waals surface area contributed by atoms with Crippen molar-refractivity contribution in [1.29, 1.82) is 0 Å². The maximum absolute atomic E-state index is 13.5. The minimum absolute atomic E-state index is 0.0357. The van der Waals surface area contributed by atoms with Gasteiger partial charge >= 0.3 is 0 Å². The monoisotopic (exact) mass is 452 g/mol. The van der Waals surface area contributed by atoms with Gasteiger partial charge in [-0.25, -0.2) is 4.98 Å². The molecule has 1 aliphatic rings. The molecule has 3 aromatic carbocycles. The Hall–Kier alpha value is -2.40. The molecule has 1 fully saturated rings. The fraction of sp³-hybridized carbons (Fsp3) is 0.167. The highest BCUT2D eigenvalue weighted by Gasteiger charge is 2.70. The molecule has 4 aromatic rings. The van der Waals surface area contributed by atoms with Gasteiger partial charge in [0.15, 0.2) is 5.13 Å². The van der Waals surface area contributed by atoms with Crippen LogP contribution < -0.4 is 5.32 Å². The summed E-state index contributed by atoms with van der Waals surface area (Å²) in [5.41, 5.74) is 2.09. The number of nitrogens with one attached hydrogen (secondary N) is 1. The SMILES string of the molecule is CC1(C(=O)Nc2nc3cc(Cl)c(Cl)cc3s2)CC1(c1ccccc1)c1ccccc1. The summed E-state index contributed by atoms with van der Waals surface area (Å²) in [4.78, 5) is 18.0. The van der Waals surface area contributed by atoms with Crippen LogP contribution in [0, 0.1) is 5.41 Å². The van der Waals surface area contributed by atoms with Gasteiger partial charge < -0.3 is 5.32 Å². The number of carbonyl (C=O) groups is 1. The van der Waals surface area contributed by atoms with E-state index in [1.807, 2.05) is 43.3 Å². The molecule has 1 saturated carbocycles. The summed E-state index contributed by atoms with van der Waals surface area (Å²) in [5.74, 6) is -0.0357. The highest BCUT2D eigenvalue weighted by Crippen LogP contribution is 2.68. The van der Waals surface area contributed by atoms with Crippen LogP contribution in [0.15, 0.2) is 72.8 Å². The number of carbonyl (C=O) groups excluding carboxylic acids is 1. The molecule has 1 aliphatic carbocycles. The van der Waals surface area contributed by atoms with Crippen LogP contribution in [0.4, 0.5) is 5.13 Å². The van der Waals surface area contributed by atoms with E-state index in [9.17, 15) is 4.79 Å². The molecule has 3 nitrogen and oxygen atoms in total. The van der Waals surface area contributed by atoms with E-state index in [2.05, 4.69) is 34.6 Å². The van der Waals surface area contributed by atoms with Crippen LogP contribution in [-0.4, -0.2) is 10.9 Å². The minimum atomic E-state index is -0.581. The number of aromatic nitrogens is 1. The lowest BCUT2D eigenvalue weighted by Crippen LogP contribution is -2.30. The zero-order valence-electron chi connectivity index (χ0n) is 16.2. The molecule has 5 rings (SSSR count). The standard InChI is InChI=1S/C24H18Cl2N2OS/c1-23(21(29)28-22-27-19-12-17(25)18(26)13-20(19)30-22)14-24(23,15-8-4-2-5-9-15)16-10-6-3-7-11-16/h2-13H,14H2,1H3,(H,27,28,29). The Morgan fingerprint density at radius 2 is 1.53 bits per heavy atom. The molecule has 1 unspecified atom stereocenters. The van der Waals surface area contributed by atoms with Crippen molar-refractivity contribution in [3.63, 3.8) is 0 Å². The van der Waals surface area contributed by atoms with Crippen molar-refractivity contribution in [3.05, 3.63) is 94.0 Å². The second-order valence-electron chi connectivity index (χ2n) is 7.85. The zero-order valence-corrected chi connectivity index (χ0v) is 18.5. The number of fused-ring (bicyclic) bond motifs is 1. The summed E-state index contributed by atoms with van der Waals surface area (Å²) in [6.45, 7) is 2.03. The molecule has 0 aliphatic heterocycles. The average Bonchev–Trinajstić information content (AvgIpc) is 3.25. The van der Waals surface area contributed by atoms with Crippen LogP contribution in [-0.2, 0) is 10.2 Å². The Labute approximate surface area is 188 Å². The van der Waals surface area contributed by atoms with Crippen molar-refractivity contribution in [2.45, 2.75) is 18.8 Å². The topological polar surface area (TPSA) is 42.0 Å². The fourth-order valence-corrected chi connectivity index (χ4v) is 5.69. The molecule has 1 heterocycles. The van der Waals surface area contributed by atoms with Crippen LogP contribution >= 0.6 is 34.5 Å². The van der Waals surface area contributed by atoms with Gasteiger partial charge in [-0.1, -0.05) is 95.2 Å². The smallest absolute Gasteiger partial charge is 0.233 e. The summed E-state index contributed by atoms with van der Waals surface area (Å²) >= 11 is 13.6. The summed E-state index contributed by atoms with van der Waals surface area (Å²) < 4.78 is 0.887. The number of hydrogen-bond donors (Lipinski definition) is 1. The van der Waals surface area contributed by atoms with E-state index in [1.54, 1.807) is 12.1 Å². The number of rotatable bonds is 4. The van der Waals surface area contributed by atoms with Crippen molar-refractivity contribution >= 4 is 55.8 Å². The predicted molar refractivity (Wildman–Crippen MR) is 125 cm³/mol. The maximum atomic E-state index is 13.5. The number of anilines is 1. The molecular weight excluding hydrogens is 435 g/mol. The minimum Gasteiger partial charge on any atom is -0.301 e. The number of nitrogens with zero attached hydrogens (tertiary/aromatic N) is 1. The third kappa shape index (κ3) is 2.94. The molecule has 1 atom stereocenters. The van der Waals surface area contributed by atoms with E-state index >= 15 is 0 Å². The van der Waals surface area contributed by atoms with Crippen LogP contribution in [0.5, 0.6) is 0 Å². The highest BCUT2D eigenvalue weighted by atomic mass is 35.5. The molecular formula is C24H18Cl2N2OS. The largest absolute Gasteiger partial charge is 0.301 e. The van der Waals surface area contributed by atoms with Gasteiger partial charge in [0.05, 0.1) is 25.7 Å². The lowest BCUT2D eigenvalue weighted by atomic mass is 9.80. The maximum Gasteiger partial charge on any atom is 0.233 e. The number of hydrogen-bond acceptors (Lipinski definition) is 3. The lowest BCUT2D eigenvalue weighted by Gasteiger charge is -2.23. The average molecular weight is 453 g/mol. The Morgan fingerprint density at radius 1 is 0.967 bits per heavy atom. The number of thiazole rings is 1. The Bertz CT molecular complexity index is 1180. The van der Waals surface area contributed by atoms with Gasteiger partial charge in [0.25, 0.3) is 0 Å². The van der Waals surface area contributed by atoms with Crippen LogP contribution in [0.3, 0.4) is 0 Å². The Balaban J connectivity index is 1.51. The summed E-state index contributed by atoms with van der Waals surface area (Å²) in [5, 5.41) is 4.53. The number of halogens is 2. The normalized spacial score (nSPS) is 19.6. The van der Waals surface area contributed by atoms with Crippen molar-refractivity contribution < 1.29 is 4.79 Å². The number of benzene rings is 3. The summed E-state index contributed by atoms with van der Waals surface area (Å²) in [6, 6.07) is 24.0. The van der Waals surface area contributed by atoms with Crippen molar-refractivity contribution in [3.8, 4) is 0 Å². The van der Waals surface area contributed by atoms with Gasteiger partial charge in [0.1, 0.15) is 0 Å². The third-order valence-electron chi connectivity index (χ3n) is 6.12. The third-order valence-corrected chi connectivity index (χ3v) is 7.78. The molecule has 0 spiro atoms. The zero-order chi connectivity index (χ0) is 20.9. The van der Waals surface area contributed by atoms with E-state index in [1.165, 1.54) is 11.3 Å². The number of amides is 1. The molecule has 0 radical (unpaired) electrons. The van der Waals surface area contributed by atoms with E-state index in [0.29, 0.717) is 15.2 Å². The molecule has 1 amide bonds. The van der Waals surface area contributed by atoms with Crippen molar-refractivity contribution in [2.24, 2.45) is 5.41 Å². The molecule has 30 heavy (non-hydrogen) atoms. The van der Waals surface area contributed by atoms with Crippen LogP contribution in [0.2, 0.25) is 10.0 Å². The summed E-state index contributed by atoms with van der Waals surface area (Å²) in [7, 11) is 0. The molecule has 0 bridgehead atoms. The quantitative estimate of drug-likeness (QED) is 0.364. The fourth-order valence-electron chi connectivity index (χ4n) is 4.43. The van der Waals surface area contributed by atoms with E-state index in [4.69, 9.17) is 23.2 Å². The molecule has 6 heteroatoms. The predicted octanol–water partition coefficient (Wildman–Crippen LogP) is 6.94. The molecule has 150 valence electrons. The van der Waals surface area contributed by atoms with Crippen molar-refractivity contribution in [2.75, 3.05) is 5.32 Å². The Morgan fingerprint density at radius 3 is 2.13 bits per heavy atom. The Kier molecular flexibility index (Phi) is 4.62. The second-order valence-corrected chi connectivity index (χ2v) is 9.70. The molecule has 1 N–H and O–H groups in total. The lowest BCUT2D eigenvalue weighted by molar-refractivity contribution is -0.121.